The molecule has 0 bridgehead atoms. The van der Waals surface area contributed by atoms with Gasteiger partial charge in [-0.25, -0.2) is 0 Å². The number of carbonyl (C=O) groups excluding carboxylic acids is 2. The summed E-state index contributed by atoms with van der Waals surface area (Å²) < 4.78 is 0. The maximum Gasteiger partial charge on any atom is 0.240 e. The molecular weight excluding hydrogens is 334 g/mol. The number of nitrogens with one attached hydrogen (secondary N) is 2. The molecule has 1 aromatic rings. The van der Waals surface area contributed by atoms with Gasteiger partial charge in [0.05, 0.1) is 0 Å². The first kappa shape index (κ1) is 17.8. The highest BCUT2D eigenvalue weighted by atomic mass is 35.5. The van der Waals surface area contributed by atoms with Gasteiger partial charge in [-0.3, -0.25) is 14.6 Å². The molecule has 124 valence electrons. The molecule has 1 heterocycles. The lowest BCUT2D eigenvalue weighted by atomic mass is 10.2. The van der Waals surface area contributed by atoms with E-state index >= 15 is 0 Å². The number of anilines is 1. The summed E-state index contributed by atoms with van der Waals surface area (Å²) in [6, 6.07) is 5.48. The van der Waals surface area contributed by atoms with Crippen LogP contribution in [0, 0.1) is 6.92 Å². The van der Waals surface area contributed by atoms with Crippen LogP contribution in [0.1, 0.15) is 32.3 Å². The molecule has 0 aliphatic carbocycles. The number of benzene rings is 1. The van der Waals surface area contributed by atoms with E-state index in [1.54, 1.807) is 12.1 Å². The van der Waals surface area contributed by atoms with Crippen molar-refractivity contribution in [3.63, 3.8) is 0 Å². The van der Waals surface area contributed by atoms with Gasteiger partial charge in [0.25, 0.3) is 0 Å². The Bertz CT molecular complexity index is 648. The Balaban J connectivity index is 1.94. The van der Waals surface area contributed by atoms with E-state index in [2.05, 4.69) is 15.6 Å². The molecule has 1 aromatic carbocycles. The van der Waals surface area contributed by atoms with Crippen molar-refractivity contribution >= 4 is 46.0 Å². The number of amidine groups is 1. The van der Waals surface area contributed by atoms with Gasteiger partial charge in [0, 0.05) is 23.2 Å². The first-order chi connectivity index (χ1) is 10.9. The number of aryl methyl sites for hydroxylation is 1. The monoisotopic (exact) mass is 353 g/mol. The minimum atomic E-state index is -0.446. The summed E-state index contributed by atoms with van der Waals surface area (Å²) in [6.45, 7) is 5.92. The normalized spacial score (nSPS) is 20.4. The maximum atomic E-state index is 12.1. The summed E-state index contributed by atoms with van der Waals surface area (Å²) >= 11 is 7.35. The van der Waals surface area contributed by atoms with Gasteiger partial charge in [0.1, 0.15) is 5.25 Å². The van der Waals surface area contributed by atoms with Crippen molar-refractivity contribution in [3.8, 4) is 0 Å². The third kappa shape index (κ3) is 4.97. The van der Waals surface area contributed by atoms with Crippen molar-refractivity contribution in [1.82, 2.24) is 5.32 Å². The number of aliphatic imine (C=N–C) groups is 1. The Labute approximate surface area is 145 Å². The maximum absolute atomic E-state index is 12.1. The molecule has 0 spiro atoms. The molecule has 1 aliphatic heterocycles. The molecule has 2 atom stereocenters. The second kappa shape index (κ2) is 7.84. The third-order valence-electron chi connectivity index (χ3n) is 3.53. The molecule has 7 heteroatoms. The number of hydrogen-bond acceptors (Lipinski definition) is 4. The molecule has 0 unspecified atom stereocenters. The summed E-state index contributed by atoms with van der Waals surface area (Å²) in [4.78, 5) is 28.4. The molecule has 2 N–H and O–H groups in total. The summed E-state index contributed by atoms with van der Waals surface area (Å²) in [7, 11) is 0. The fourth-order valence-corrected chi connectivity index (χ4v) is 3.19. The smallest absolute Gasteiger partial charge is 0.240 e. The Morgan fingerprint density at radius 1 is 1.52 bits per heavy atom. The van der Waals surface area contributed by atoms with E-state index in [9.17, 15) is 9.59 Å². The molecule has 1 saturated heterocycles. The zero-order chi connectivity index (χ0) is 17.0. The molecule has 0 radical (unpaired) electrons. The van der Waals surface area contributed by atoms with Crippen LogP contribution in [0.25, 0.3) is 0 Å². The zero-order valence-electron chi connectivity index (χ0n) is 13.4. The van der Waals surface area contributed by atoms with Gasteiger partial charge in [-0.05, 0) is 38.0 Å². The second-order valence-corrected chi connectivity index (χ2v) is 7.10. The minimum absolute atomic E-state index is 0.0987. The standard InChI is InChI=1S/C16H20ClN3O2S/c1-4-10(3)18-16-20-15(22)13(23-16)8-14(21)19-11-6-5-9(2)12(17)7-11/h5-7,10,13H,4,8H2,1-3H3,(H,19,21)(H,18,20,22)/t10-,13+/m0/s1. The van der Waals surface area contributed by atoms with E-state index in [-0.39, 0.29) is 24.3 Å². The molecule has 0 saturated carbocycles. The molecule has 23 heavy (non-hydrogen) atoms. The molecular formula is C16H20ClN3O2S. The summed E-state index contributed by atoms with van der Waals surface area (Å²) in [6.07, 6.45) is 1.00. The van der Waals surface area contributed by atoms with Crippen LogP contribution >= 0.6 is 23.4 Å². The number of nitrogens with zero attached hydrogens (tertiary/aromatic N) is 1. The van der Waals surface area contributed by atoms with Crippen molar-refractivity contribution < 1.29 is 9.59 Å². The van der Waals surface area contributed by atoms with Crippen LogP contribution in [0.15, 0.2) is 23.2 Å². The predicted octanol–water partition coefficient (Wildman–Crippen LogP) is 3.36. The predicted molar refractivity (Wildman–Crippen MR) is 96.1 cm³/mol. The van der Waals surface area contributed by atoms with E-state index in [0.29, 0.717) is 15.9 Å². The number of rotatable bonds is 5. The highest BCUT2D eigenvalue weighted by Gasteiger charge is 2.32. The minimum Gasteiger partial charge on any atom is -0.326 e. The zero-order valence-corrected chi connectivity index (χ0v) is 14.9. The first-order valence-electron chi connectivity index (χ1n) is 7.50. The largest absolute Gasteiger partial charge is 0.326 e. The summed E-state index contributed by atoms with van der Waals surface area (Å²) in [5.74, 6) is -0.392. The third-order valence-corrected chi connectivity index (χ3v) is 5.03. The topological polar surface area (TPSA) is 70.6 Å². The lowest BCUT2D eigenvalue weighted by Crippen LogP contribution is -2.28. The number of thioether (sulfide) groups is 1. The quantitative estimate of drug-likeness (QED) is 0.852. The number of amides is 2. The van der Waals surface area contributed by atoms with Crippen LogP contribution in [0.4, 0.5) is 5.69 Å². The van der Waals surface area contributed by atoms with Gasteiger partial charge in [-0.2, -0.15) is 0 Å². The van der Waals surface area contributed by atoms with Crippen molar-refractivity contribution in [2.24, 2.45) is 4.99 Å². The van der Waals surface area contributed by atoms with Gasteiger partial charge in [0.2, 0.25) is 11.8 Å². The van der Waals surface area contributed by atoms with Gasteiger partial charge in [0.15, 0.2) is 5.17 Å². The fraction of sp³-hybridized carbons (Fsp3) is 0.438. The highest BCUT2D eigenvalue weighted by molar-refractivity contribution is 8.15. The van der Waals surface area contributed by atoms with Gasteiger partial charge in [-0.1, -0.05) is 36.4 Å². The van der Waals surface area contributed by atoms with Crippen molar-refractivity contribution in [1.29, 1.82) is 0 Å². The van der Waals surface area contributed by atoms with E-state index in [1.165, 1.54) is 11.8 Å². The van der Waals surface area contributed by atoms with Crippen LogP contribution in [0.3, 0.4) is 0 Å². The van der Waals surface area contributed by atoms with Crippen LogP contribution < -0.4 is 10.6 Å². The first-order valence-corrected chi connectivity index (χ1v) is 8.76. The summed E-state index contributed by atoms with van der Waals surface area (Å²) in [5.41, 5.74) is 1.57. The molecule has 5 nitrogen and oxygen atoms in total. The summed E-state index contributed by atoms with van der Waals surface area (Å²) in [5, 5.41) is 6.24. The molecule has 2 amide bonds. The number of halogens is 1. The Kier molecular flexibility index (Phi) is 6.07. The Hall–Kier alpha value is -1.53. The van der Waals surface area contributed by atoms with Gasteiger partial charge < -0.3 is 10.6 Å². The molecule has 0 aromatic heterocycles. The van der Waals surface area contributed by atoms with E-state index in [1.807, 2.05) is 26.8 Å². The van der Waals surface area contributed by atoms with Crippen molar-refractivity contribution in [2.75, 3.05) is 5.32 Å². The lowest BCUT2D eigenvalue weighted by Gasteiger charge is -2.08. The SMILES string of the molecule is CC[C@H](C)N=C1NC(=O)[C@@H](CC(=O)Nc2ccc(C)c(Cl)c2)S1. The molecule has 1 aliphatic rings. The highest BCUT2D eigenvalue weighted by Crippen LogP contribution is 2.24. The molecule has 2 rings (SSSR count). The molecule has 1 fully saturated rings. The van der Waals surface area contributed by atoms with E-state index in [0.717, 1.165) is 12.0 Å². The Morgan fingerprint density at radius 3 is 2.91 bits per heavy atom. The average molecular weight is 354 g/mol. The van der Waals surface area contributed by atoms with Gasteiger partial charge in [-0.15, -0.1) is 0 Å². The number of carbonyl (C=O) groups is 2. The fourth-order valence-electron chi connectivity index (χ4n) is 1.94. The van der Waals surface area contributed by atoms with E-state index < -0.39 is 5.25 Å². The lowest BCUT2D eigenvalue weighted by molar-refractivity contribution is -0.122. The van der Waals surface area contributed by atoms with Crippen LogP contribution in [0.2, 0.25) is 5.02 Å². The average Bonchev–Trinajstić information content (AvgIpc) is 2.82. The van der Waals surface area contributed by atoms with Gasteiger partial charge >= 0.3 is 0 Å². The number of hydrogen-bond donors (Lipinski definition) is 2. The van der Waals surface area contributed by atoms with Crippen LogP contribution in [-0.2, 0) is 9.59 Å². The van der Waals surface area contributed by atoms with Crippen LogP contribution in [0.5, 0.6) is 0 Å². The Morgan fingerprint density at radius 2 is 2.26 bits per heavy atom. The van der Waals surface area contributed by atoms with Crippen LogP contribution in [-0.4, -0.2) is 28.3 Å². The van der Waals surface area contributed by atoms with Crippen molar-refractivity contribution in [2.45, 2.75) is 44.9 Å². The second-order valence-electron chi connectivity index (χ2n) is 5.50. The van der Waals surface area contributed by atoms with Crippen molar-refractivity contribution in [3.05, 3.63) is 28.8 Å². The van der Waals surface area contributed by atoms with E-state index in [4.69, 9.17) is 11.6 Å².